The van der Waals surface area contributed by atoms with Crippen molar-refractivity contribution in [2.75, 3.05) is 37.7 Å². The fourth-order valence-corrected chi connectivity index (χ4v) is 6.84. The van der Waals surface area contributed by atoms with Gasteiger partial charge in [-0.25, -0.2) is 19.2 Å². The molecule has 12 heteroatoms. The minimum atomic E-state index is -1.07. The van der Waals surface area contributed by atoms with Gasteiger partial charge in [0.15, 0.2) is 28.9 Å². The molecule has 4 atom stereocenters. The number of rotatable bonds is 4. The highest BCUT2D eigenvalue weighted by molar-refractivity contribution is 6.30. The maximum Gasteiger partial charge on any atom is 0.354 e. The van der Waals surface area contributed by atoms with Crippen molar-refractivity contribution in [1.29, 1.82) is 0 Å². The predicted octanol–water partition coefficient (Wildman–Crippen LogP) is 4.47. The fourth-order valence-electron chi connectivity index (χ4n) is 6.69. The van der Waals surface area contributed by atoms with Crippen LogP contribution in [-0.2, 0) is 11.3 Å². The molecular weight excluding hydrogens is 565 g/mol. The van der Waals surface area contributed by atoms with Crippen molar-refractivity contribution in [2.45, 2.75) is 37.3 Å². The minimum absolute atomic E-state index is 0.00841. The van der Waals surface area contributed by atoms with Crippen molar-refractivity contribution in [3.8, 4) is 11.5 Å². The molecule has 3 unspecified atom stereocenters. The first-order valence-corrected chi connectivity index (χ1v) is 14.4. The smallest absolute Gasteiger partial charge is 0.354 e. The van der Waals surface area contributed by atoms with Gasteiger partial charge in [-0.1, -0.05) is 23.7 Å². The second kappa shape index (κ2) is 9.82. The van der Waals surface area contributed by atoms with Crippen LogP contribution in [0.2, 0.25) is 5.02 Å². The molecule has 0 radical (unpaired) electrons. The zero-order valence-corrected chi connectivity index (χ0v) is 23.2. The summed E-state index contributed by atoms with van der Waals surface area (Å²) in [4.78, 5) is 25.8. The average molecular weight is 592 g/mol. The molecule has 1 N–H and O–H groups in total. The molecule has 4 aliphatic heterocycles. The number of hydrogen-bond acceptors (Lipinski definition) is 8. The molecule has 6 heterocycles. The third kappa shape index (κ3) is 4.10. The van der Waals surface area contributed by atoms with Crippen LogP contribution in [0.3, 0.4) is 0 Å². The molecule has 2 saturated heterocycles. The predicted molar refractivity (Wildman–Crippen MR) is 151 cm³/mol. The molecule has 2 aromatic carbocycles. The van der Waals surface area contributed by atoms with Gasteiger partial charge in [0.1, 0.15) is 23.8 Å². The number of aromatic nitrogens is 3. The molecule has 0 spiro atoms. The topological polar surface area (TPSA) is 102 Å². The SMILES string of the molecule is O=C(O)c1ccc2nc3n(c2n1)C(C1CCO1)C1CN(c2cccc4c2O[C@H](c2ccc(Cl)cc2F)CO4)CCN1C3. The number of anilines is 1. The number of aromatic carboxylic acids is 1. The van der Waals surface area contributed by atoms with E-state index in [1.165, 1.54) is 12.1 Å². The number of ether oxygens (including phenoxy) is 3. The van der Waals surface area contributed by atoms with Crippen LogP contribution in [0.15, 0.2) is 48.5 Å². The second-order valence-corrected chi connectivity index (χ2v) is 11.5. The highest BCUT2D eigenvalue weighted by atomic mass is 35.5. The maximum atomic E-state index is 14.8. The summed E-state index contributed by atoms with van der Waals surface area (Å²) in [7, 11) is 0. The zero-order valence-electron chi connectivity index (χ0n) is 22.5. The molecule has 2 aromatic heterocycles. The van der Waals surface area contributed by atoms with Crippen molar-refractivity contribution in [1.82, 2.24) is 19.4 Å². The minimum Gasteiger partial charge on any atom is -0.485 e. The summed E-state index contributed by atoms with van der Waals surface area (Å²) in [5, 5.41) is 9.93. The standard InChI is InChI=1S/C30H27ClFN5O5/c31-16-4-5-17(18(32)12-16)25-15-41-24-3-1-2-21(28(24)42-25)35-9-10-36-14-26-33-19-6-7-20(30(38)39)34-29(19)37(26)27(22(36)13-35)23-8-11-40-23/h1-7,12,22-23,25,27H,8-11,13-15H2,(H,38,39)/t22?,23?,25-,27?/m0/s1. The van der Waals surface area contributed by atoms with E-state index >= 15 is 0 Å². The van der Waals surface area contributed by atoms with Crippen LogP contribution >= 0.6 is 11.6 Å². The van der Waals surface area contributed by atoms with Crippen molar-refractivity contribution >= 4 is 34.4 Å². The summed E-state index contributed by atoms with van der Waals surface area (Å²) in [5.74, 6) is 0.575. The number of hydrogen-bond donors (Lipinski definition) is 1. The van der Waals surface area contributed by atoms with E-state index in [4.69, 9.17) is 30.8 Å². The Labute approximate surface area is 245 Å². The Morgan fingerprint density at radius 3 is 2.79 bits per heavy atom. The van der Waals surface area contributed by atoms with Gasteiger partial charge in [0, 0.05) is 36.8 Å². The van der Waals surface area contributed by atoms with Gasteiger partial charge in [0.2, 0.25) is 0 Å². The Bertz CT molecular complexity index is 1730. The molecule has 10 nitrogen and oxygen atoms in total. The van der Waals surface area contributed by atoms with Crippen molar-refractivity contribution < 1.29 is 28.5 Å². The summed E-state index contributed by atoms with van der Waals surface area (Å²) in [5.41, 5.74) is 2.52. The van der Waals surface area contributed by atoms with Gasteiger partial charge in [0.05, 0.1) is 30.4 Å². The summed E-state index contributed by atoms with van der Waals surface area (Å²) in [6, 6.07) is 13.6. The van der Waals surface area contributed by atoms with E-state index in [9.17, 15) is 14.3 Å². The Hall–Kier alpha value is -3.93. The monoisotopic (exact) mass is 591 g/mol. The van der Waals surface area contributed by atoms with Gasteiger partial charge in [-0.15, -0.1) is 0 Å². The van der Waals surface area contributed by atoms with Gasteiger partial charge in [-0.05, 0) is 42.8 Å². The van der Waals surface area contributed by atoms with E-state index < -0.39 is 17.9 Å². The molecule has 2 fully saturated rings. The average Bonchev–Trinajstić information content (AvgIpc) is 3.32. The number of nitrogens with zero attached hydrogens (tertiary/aromatic N) is 5. The Morgan fingerprint density at radius 1 is 1.12 bits per heavy atom. The quantitative estimate of drug-likeness (QED) is 0.368. The molecule has 0 saturated carbocycles. The number of halogens is 2. The van der Waals surface area contributed by atoms with Gasteiger partial charge < -0.3 is 28.8 Å². The van der Waals surface area contributed by atoms with E-state index in [-0.39, 0.29) is 30.5 Å². The number of imidazole rings is 1. The molecule has 4 aliphatic rings. The van der Waals surface area contributed by atoms with E-state index in [1.54, 1.807) is 18.2 Å². The zero-order chi connectivity index (χ0) is 28.5. The van der Waals surface area contributed by atoms with Crippen molar-refractivity contribution in [3.63, 3.8) is 0 Å². The van der Waals surface area contributed by atoms with Crippen LogP contribution in [0.25, 0.3) is 11.2 Å². The molecule has 0 bridgehead atoms. The maximum absolute atomic E-state index is 14.8. The first-order valence-electron chi connectivity index (χ1n) is 14.0. The van der Waals surface area contributed by atoms with E-state index in [0.717, 1.165) is 31.0 Å². The molecule has 0 amide bonds. The first-order chi connectivity index (χ1) is 20.4. The van der Waals surface area contributed by atoms with Crippen molar-refractivity contribution in [2.24, 2.45) is 0 Å². The molecule has 4 aromatic rings. The van der Waals surface area contributed by atoms with Crippen LogP contribution in [-0.4, -0.2) is 75.5 Å². The number of piperazine rings is 1. The van der Waals surface area contributed by atoms with Gasteiger partial charge >= 0.3 is 5.97 Å². The number of carboxylic acid groups (broad SMARTS) is 1. The summed E-state index contributed by atoms with van der Waals surface area (Å²) >= 11 is 5.98. The van der Waals surface area contributed by atoms with E-state index in [1.807, 2.05) is 18.2 Å². The highest BCUT2D eigenvalue weighted by Gasteiger charge is 2.46. The molecule has 216 valence electrons. The number of carbonyl (C=O) groups is 1. The van der Waals surface area contributed by atoms with E-state index in [2.05, 4.69) is 19.4 Å². The second-order valence-electron chi connectivity index (χ2n) is 11.1. The third-order valence-corrected chi connectivity index (χ3v) is 9.01. The van der Waals surface area contributed by atoms with E-state index in [0.29, 0.717) is 52.9 Å². The molecule has 8 rings (SSSR count). The largest absolute Gasteiger partial charge is 0.485 e. The fraction of sp³-hybridized carbons (Fsp3) is 0.367. The lowest BCUT2D eigenvalue weighted by Crippen LogP contribution is -2.61. The summed E-state index contributed by atoms with van der Waals surface area (Å²) in [6.07, 6.45) is 0.252. The van der Waals surface area contributed by atoms with Crippen LogP contribution in [0.5, 0.6) is 11.5 Å². The Morgan fingerprint density at radius 2 is 2.00 bits per heavy atom. The van der Waals surface area contributed by atoms with Crippen LogP contribution in [0.4, 0.5) is 10.1 Å². The third-order valence-electron chi connectivity index (χ3n) is 8.77. The lowest BCUT2D eigenvalue weighted by Gasteiger charge is -2.52. The normalized spacial score (nSPS) is 25.0. The summed E-state index contributed by atoms with van der Waals surface area (Å²) in [6.45, 7) is 3.70. The lowest BCUT2D eigenvalue weighted by atomic mass is 9.91. The van der Waals surface area contributed by atoms with Gasteiger partial charge in [0.25, 0.3) is 0 Å². The number of para-hydroxylation sites is 1. The lowest BCUT2D eigenvalue weighted by molar-refractivity contribution is -0.107. The first kappa shape index (κ1) is 25.8. The Balaban J connectivity index is 1.14. The van der Waals surface area contributed by atoms with Crippen LogP contribution in [0, 0.1) is 5.82 Å². The Kier molecular flexibility index (Phi) is 6.02. The molecule has 42 heavy (non-hydrogen) atoms. The van der Waals surface area contributed by atoms with Crippen LogP contribution in [0.1, 0.15) is 40.4 Å². The number of carboxylic acids is 1. The molecule has 0 aliphatic carbocycles. The van der Waals surface area contributed by atoms with Crippen LogP contribution < -0.4 is 14.4 Å². The van der Waals surface area contributed by atoms with Gasteiger partial charge in [-0.2, -0.15) is 0 Å². The van der Waals surface area contributed by atoms with Crippen molar-refractivity contribution in [3.05, 3.63) is 76.5 Å². The number of fused-ring (bicyclic) bond motifs is 5. The van der Waals surface area contributed by atoms with Gasteiger partial charge in [-0.3, -0.25) is 4.90 Å². The summed E-state index contributed by atoms with van der Waals surface area (Å²) < 4.78 is 35.5. The highest BCUT2D eigenvalue weighted by Crippen LogP contribution is 2.46. The molecular formula is C30H27ClFN5O5. The number of pyridine rings is 1. The number of benzene rings is 2.